The van der Waals surface area contributed by atoms with Gasteiger partial charge in [0.25, 0.3) is 0 Å². The van der Waals surface area contributed by atoms with Crippen molar-refractivity contribution in [3.63, 3.8) is 0 Å². The number of nitrogens with zero attached hydrogens (tertiary/aromatic N) is 1. The Balaban J connectivity index is 1.65. The van der Waals surface area contributed by atoms with E-state index in [-0.39, 0.29) is 23.3 Å². The summed E-state index contributed by atoms with van der Waals surface area (Å²) in [4.78, 5) is 25.5. The highest BCUT2D eigenvalue weighted by molar-refractivity contribution is 5.94. The molecule has 0 unspecified atom stereocenters. The Kier molecular flexibility index (Phi) is 4.70. The molecule has 0 radical (unpaired) electrons. The first-order chi connectivity index (χ1) is 13.1. The molecule has 1 amide bonds. The van der Waals surface area contributed by atoms with E-state index in [0.29, 0.717) is 17.3 Å². The molecule has 1 aliphatic heterocycles. The van der Waals surface area contributed by atoms with Crippen molar-refractivity contribution in [1.82, 2.24) is 15.2 Å². The molecule has 4 rings (SSSR count). The number of hydrogen-bond donors (Lipinski definition) is 2. The molecule has 27 heavy (non-hydrogen) atoms. The van der Waals surface area contributed by atoms with Crippen LogP contribution in [-0.4, -0.2) is 30.1 Å². The molecule has 5 nitrogen and oxygen atoms in total. The average molecular weight is 363 g/mol. The fraction of sp³-hybridized carbons (Fsp3) is 0.364. The van der Waals surface area contributed by atoms with Crippen LogP contribution in [0.15, 0.2) is 53.3 Å². The summed E-state index contributed by atoms with van der Waals surface area (Å²) >= 11 is 0. The summed E-state index contributed by atoms with van der Waals surface area (Å²) in [5.74, 6) is -0.0197. The molecule has 1 aliphatic rings. The number of piperidine rings is 1. The Hall–Kier alpha value is -2.66. The zero-order valence-corrected chi connectivity index (χ0v) is 15.6. The lowest BCUT2D eigenvalue weighted by molar-refractivity contribution is -0.122. The lowest BCUT2D eigenvalue weighted by atomic mass is 9.81. The first kappa shape index (κ1) is 17.7. The third kappa shape index (κ3) is 3.47. The normalized spacial score (nSPS) is 16.5. The van der Waals surface area contributed by atoms with E-state index in [1.165, 1.54) is 0 Å². The predicted octanol–water partition coefficient (Wildman–Crippen LogP) is 2.66. The van der Waals surface area contributed by atoms with E-state index < -0.39 is 0 Å². The number of fused-ring (bicyclic) bond motifs is 2. The predicted molar refractivity (Wildman–Crippen MR) is 109 cm³/mol. The van der Waals surface area contributed by atoms with Gasteiger partial charge in [0.05, 0.1) is 11.0 Å². The molecule has 0 atom stereocenters. The minimum absolute atomic E-state index is 0.0140. The molecule has 0 aliphatic carbocycles. The number of aromatic nitrogens is 1. The average Bonchev–Trinajstić information content (AvgIpc) is 2.70. The van der Waals surface area contributed by atoms with Crippen LogP contribution in [0.2, 0.25) is 0 Å². The van der Waals surface area contributed by atoms with Gasteiger partial charge >= 0.3 is 0 Å². The largest absolute Gasteiger partial charge is 0.354 e. The van der Waals surface area contributed by atoms with Crippen LogP contribution in [-0.2, 0) is 11.3 Å². The van der Waals surface area contributed by atoms with Crippen LogP contribution < -0.4 is 16.1 Å². The number of pyridine rings is 1. The number of rotatable bonds is 4. The minimum atomic E-state index is -0.0197. The van der Waals surface area contributed by atoms with Crippen LogP contribution in [0.4, 0.5) is 0 Å². The maximum absolute atomic E-state index is 12.8. The minimum Gasteiger partial charge on any atom is -0.354 e. The van der Waals surface area contributed by atoms with Gasteiger partial charge in [0, 0.05) is 17.3 Å². The summed E-state index contributed by atoms with van der Waals surface area (Å²) in [6.45, 7) is 5.13. The van der Waals surface area contributed by atoms with E-state index in [2.05, 4.69) is 17.6 Å². The summed E-state index contributed by atoms with van der Waals surface area (Å²) in [5.41, 5.74) is 1.75. The third-order valence-electron chi connectivity index (χ3n) is 5.70. The Morgan fingerprint density at radius 2 is 1.59 bits per heavy atom. The molecule has 1 saturated heterocycles. The highest BCUT2D eigenvalue weighted by atomic mass is 16.2. The van der Waals surface area contributed by atoms with Crippen LogP contribution in [0.3, 0.4) is 0 Å². The molecule has 2 aromatic carbocycles. The molecular weight excluding hydrogens is 338 g/mol. The van der Waals surface area contributed by atoms with E-state index in [0.717, 1.165) is 37.0 Å². The molecule has 2 heterocycles. The van der Waals surface area contributed by atoms with E-state index in [9.17, 15) is 9.59 Å². The van der Waals surface area contributed by atoms with Crippen molar-refractivity contribution >= 4 is 27.7 Å². The zero-order valence-electron chi connectivity index (χ0n) is 15.6. The lowest BCUT2D eigenvalue weighted by Crippen LogP contribution is -2.43. The van der Waals surface area contributed by atoms with Crippen LogP contribution in [0.25, 0.3) is 21.8 Å². The van der Waals surface area contributed by atoms with E-state index in [1.54, 1.807) is 0 Å². The van der Waals surface area contributed by atoms with Crippen molar-refractivity contribution in [1.29, 1.82) is 0 Å². The quantitative estimate of drug-likeness (QED) is 0.701. The summed E-state index contributed by atoms with van der Waals surface area (Å²) < 4.78 is 1.95. The zero-order chi connectivity index (χ0) is 18.9. The van der Waals surface area contributed by atoms with Gasteiger partial charge in [-0.25, -0.2) is 0 Å². The van der Waals surface area contributed by atoms with Gasteiger partial charge in [-0.3, -0.25) is 9.59 Å². The molecule has 1 fully saturated rings. The number of para-hydroxylation sites is 2. The van der Waals surface area contributed by atoms with Crippen LogP contribution in [0.1, 0.15) is 19.8 Å². The van der Waals surface area contributed by atoms with Gasteiger partial charge in [0.2, 0.25) is 5.91 Å². The lowest BCUT2D eigenvalue weighted by Gasteiger charge is -2.34. The Labute approximate surface area is 158 Å². The van der Waals surface area contributed by atoms with Crippen molar-refractivity contribution < 1.29 is 4.79 Å². The molecule has 0 spiro atoms. The van der Waals surface area contributed by atoms with Crippen molar-refractivity contribution in [2.24, 2.45) is 5.41 Å². The third-order valence-corrected chi connectivity index (χ3v) is 5.70. The van der Waals surface area contributed by atoms with Gasteiger partial charge in [0.1, 0.15) is 6.54 Å². The number of nitrogens with one attached hydrogen (secondary N) is 2. The van der Waals surface area contributed by atoms with Crippen molar-refractivity contribution in [3.05, 3.63) is 58.8 Å². The molecule has 3 aromatic rings. The van der Waals surface area contributed by atoms with E-state index in [1.807, 2.05) is 53.1 Å². The monoisotopic (exact) mass is 363 g/mol. The van der Waals surface area contributed by atoms with Crippen LogP contribution in [0.5, 0.6) is 0 Å². The first-order valence-corrected chi connectivity index (χ1v) is 9.55. The number of hydrogen-bond acceptors (Lipinski definition) is 3. The molecule has 1 aromatic heterocycles. The van der Waals surface area contributed by atoms with Gasteiger partial charge in [0.15, 0.2) is 5.43 Å². The topological polar surface area (TPSA) is 63.1 Å². The second-order valence-electron chi connectivity index (χ2n) is 7.79. The van der Waals surface area contributed by atoms with Gasteiger partial charge in [-0.2, -0.15) is 0 Å². The maximum Gasteiger partial charge on any atom is 0.239 e. The van der Waals surface area contributed by atoms with Crippen LogP contribution in [0, 0.1) is 5.41 Å². The van der Waals surface area contributed by atoms with Gasteiger partial charge in [-0.15, -0.1) is 0 Å². The molecule has 5 heteroatoms. The first-order valence-electron chi connectivity index (χ1n) is 9.55. The maximum atomic E-state index is 12.8. The smallest absolute Gasteiger partial charge is 0.239 e. The summed E-state index contributed by atoms with van der Waals surface area (Å²) in [5, 5.41) is 7.78. The number of carbonyl (C=O) groups is 1. The van der Waals surface area contributed by atoms with Gasteiger partial charge in [-0.05, 0) is 55.6 Å². The molecule has 0 bridgehead atoms. The highest BCUT2D eigenvalue weighted by Crippen LogP contribution is 2.26. The summed E-state index contributed by atoms with van der Waals surface area (Å²) in [7, 11) is 0. The van der Waals surface area contributed by atoms with Crippen molar-refractivity contribution in [2.75, 3.05) is 19.6 Å². The number of benzene rings is 2. The number of amides is 1. The molecule has 0 saturated carbocycles. The second kappa shape index (κ2) is 7.16. The standard InChI is InChI=1S/C22H25N3O2/c1-22(10-12-23-13-11-22)15-24-20(26)14-25-18-8-4-2-6-16(18)21(27)17-7-3-5-9-19(17)25/h2-9,23H,10-15H2,1H3,(H,24,26). The Morgan fingerprint density at radius 3 is 2.19 bits per heavy atom. The van der Waals surface area contributed by atoms with Crippen molar-refractivity contribution in [3.8, 4) is 0 Å². The van der Waals surface area contributed by atoms with Gasteiger partial charge < -0.3 is 15.2 Å². The second-order valence-corrected chi connectivity index (χ2v) is 7.79. The fourth-order valence-electron chi connectivity index (χ4n) is 3.97. The molecule has 2 N–H and O–H groups in total. The highest BCUT2D eigenvalue weighted by Gasteiger charge is 2.27. The van der Waals surface area contributed by atoms with Crippen molar-refractivity contribution in [2.45, 2.75) is 26.3 Å². The van der Waals surface area contributed by atoms with E-state index in [4.69, 9.17) is 0 Å². The molecule has 140 valence electrons. The van der Waals surface area contributed by atoms with E-state index >= 15 is 0 Å². The fourth-order valence-corrected chi connectivity index (χ4v) is 3.97. The Morgan fingerprint density at radius 1 is 1.04 bits per heavy atom. The SMILES string of the molecule is CC1(CNC(=O)Cn2c3ccccc3c(=O)c3ccccc32)CCNCC1. The summed E-state index contributed by atoms with van der Waals surface area (Å²) in [6.07, 6.45) is 2.13. The van der Waals surface area contributed by atoms with Gasteiger partial charge in [-0.1, -0.05) is 31.2 Å². The molecular formula is C22H25N3O2. The Bertz CT molecular complexity index is 988. The van der Waals surface area contributed by atoms with Crippen LogP contribution >= 0.6 is 0 Å². The summed E-state index contributed by atoms with van der Waals surface area (Å²) in [6, 6.07) is 15.0. The number of carbonyl (C=O) groups excluding carboxylic acids is 1.